The largest absolute Gasteiger partial charge is 0.321 e. The number of nitrogens with zero attached hydrogens (tertiary/aromatic N) is 5. The van der Waals surface area contributed by atoms with E-state index >= 15 is 0 Å². The zero-order valence-corrected chi connectivity index (χ0v) is 9.61. The maximum absolute atomic E-state index is 5.07. The Hall–Kier alpha value is -1.30. The van der Waals surface area contributed by atoms with E-state index in [-0.39, 0.29) is 6.17 Å². The van der Waals surface area contributed by atoms with E-state index in [1.165, 1.54) is 0 Å². The Labute approximate surface area is 93.8 Å². The lowest BCUT2D eigenvalue weighted by atomic mass is 10.4. The van der Waals surface area contributed by atoms with Crippen molar-refractivity contribution in [2.45, 2.75) is 26.6 Å². The van der Waals surface area contributed by atoms with Crippen LogP contribution in [0, 0.1) is 6.92 Å². The third-order valence-corrected chi connectivity index (χ3v) is 2.66. The van der Waals surface area contributed by atoms with E-state index in [1.807, 2.05) is 35.7 Å². The van der Waals surface area contributed by atoms with Crippen molar-refractivity contribution in [1.82, 2.24) is 14.7 Å². The fourth-order valence-electron chi connectivity index (χ4n) is 1.58. The molecule has 1 aliphatic rings. The highest BCUT2D eigenvalue weighted by atomic mass is 32.1. The molecule has 1 atom stereocenters. The summed E-state index contributed by atoms with van der Waals surface area (Å²) in [5.74, 6) is 0. The molecule has 0 amide bonds. The third kappa shape index (κ3) is 2.04. The smallest absolute Gasteiger partial charge is 0.217 e. The molecule has 15 heavy (non-hydrogen) atoms. The van der Waals surface area contributed by atoms with Crippen LogP contribution in [-0.4, -0.2) is 32.5 Å². The molecule has 0 aromatic carbocycles. The summed E-state index contributed by atoms with van der Waals surface area (Å²) >= 11 is 5.07. The van der Waals surface area contributed by atoms with E-state index in [9.17, 15) is 0 Å². The molecule has 0 saturated carbocycles. The zero-order valence-electron chi connectivity index (χ0n) is 8.79. The molecule has 1 aromatic heterocycles. The minimum absolute atomic E-state index is 0.00167. The third-order valence-electron chi connectivity index (χ3n) is 2.35. The second kappa shape index (κ2) is 4.06. The van der Waals surface area contributed by atoms with E-state index in [0.717, 1.165) is 12.2 Å². The van der Waals surface area contributed by atoms with Crippen molar-refractivity contribution in [3.05, 3.63) is 18.0 Å². The molecule has 0 saturated heterocycles. The predicted octanol–water partition coefficient (Wildman–Crippen LogP) is 1.59. The Kier molecular flexibility index (Phi) is 2.77. The molecule has 2 heterocycles. The summed E-state index contributed by atoms with van der Waals surface area (Å²) in [4.78, 5) is 1.99. The lowest BCUT2D eigenvalue weighted by Crippen LogP contribution is -2.35. The number of aryl methyl sites for hydroxylation is 1. The molecule has 0 radical (unpaired) electrons. The van der Waals surface area contributed by atoms with Crippen molar-refractivity contribution in [2.24, 2.45) is 10.2 Å². The minimum atomic E-state index is 0.00167. The lowest BCUT2D eigenvalue weighted by Gasteiger charge is -2.20. The maximum atomic E-state index is 5.07. The Balaban J connectivity index is 2.06. The van der Waals surface area contributed by atoms with Gasteiger partial charge in [-0.2, -0.15) is 10.2 Å². The molecule has 1 aromatic rings. The Morgan fingerprint density at radius 1 is 1.53 bits per heavy atom. The van der Waals surface area contributed by atoms with Crippen molar-refractivity contribution >= 4 is 17.3 Å². The Bertz CT molecular complexity index is 397. The first-order chi connectivity index (χ1) is 7.20. The monoisotopic (exact) mass is 223 g/mol. The van der Waals surface area contributed by atoms with Crippen molar-refractivity contribution in [3.63, 3.8) is 0 Å². The van der Waals surface area contributed by atoms with Crippen LogP contribution in [0.25, 0.3) is 0 Å². The van der Waals surface area contributed by atoms with Crippen molar-refractivity contribution < 1.29 is 0 Å². The molecular formula is C9H13N5S. The summed E-state index contributed by atoms with van der Waals surface area (Å²) in [5, 5.41) is 12.9. The number of rotatable bonds is 3. The van der Waals surface area contributed by atoms with Crippen LogP contribution in [0.2, 0.25) is 0 Å². The van der Waals surface area contributed by atoms with Crippen LogP contribution in [0.1, 0.15) is 12.6 Å². The minimum Gasteiger partial charge on any atom is -0.321 e. The van der Waals surface area contributed by atoms with Gasteiger partial charge in [0.05, 0.1) is 12.2 Å². The van der Waals surface area contributed by atoms with Crippen LogP contribution in [0.15, 0.2) is 22.5 Å². The molecule has 80 valence electrons. The Morgan fingerprint density at radius 3 is 2.93 bits per heavy atom. The van der Waals surface area contributed by atoms with Crippen LogP contribution >= 0.6 is 12.2 Å². The molecule has 0 N–H and O–H groups in total. The van der Waals surface area contributed by atoms with Gasteiger partial charge in [-0.15, -0.1) is 5.11 Å². The van der Waals surface area contributed by atoms with Gasteiger partial charge in [0.2, 0.25) is 5.11 Å². The van der Waals surface area contributed by atoms with E-state index in [0.29, 0.717) is 11.7 Å². The molecule has 1 unspecified atom stereocenters. The number of hydrogen-bond acceptors (Lipinski definition) is 3. The van der Waals surface area contributed by atoms with Crippen LogP contribution in [-0.2, 0) is 6.54 Å². The molecule has 0 bridgehead atoms. The molecule has 1 aliphatic heterocycles. The van der Waals surface area contributed by atoms with Gasteiger partial charge in [0.25, 0.3) is 0 Å². The lowest BCUT2D eigenvalue weighted by molar-refractivity contribution is 0.309. The standard InChI is InChI=1S/C9H13N5S/c1-3-14-8(10-11-9(14)15)6-13-5-4-7(2)12-13/h4-5,8H,3,6H2,1-2H3. The zero-order chi connectivity index (χ0) is 10.8. The van der Waals surface area contributed by atoms with Gasteiger partial charge >= 0.3 is 0 Å². The van der Waals surface area contributed by atoms with Gasteiger partial charge in [0.1, 0.15) is 0 Å². The summed E-state index contributed by atoms with van der Waals surface area (Å²) in [5.41, 5.74) is 1.01. The summed E-state index contributed by atoms with van der Waals surface area (Å²) in [6, 6.07) is 1.97. The maximum Gasteiger partial charge on any atom is 0.217 e. The average Bonchev–Trinajstić information content (AvgIpc) is 2.75. The van der Waals surface area contributed by atoms with Gasteiger partial charge in [0.15, 0.2) is 6.17 Å². The van der Waals surface area contributed by atoms with Crippen molar-refractivity contribution in [1.29, 1.82) is 0 Å². The second-order valence-electron chi connectivity index (χ2n) is 3.44. The van der Waals surface area contributed by atoms with E-state index in [1.54, 1.807) is 0 Å². The highest BCUT2D eigenvalue weighted by molar-refractivity contribution is 7.80. The van der Waals surface area contributed by atoms with Crippen LogP contribution < -0.4 is 0 Å². The summed E-state index contributed by atoms with van der Waals surface area (Å²) in [7, 11) is 0. The number of thiocarbonyl (C=S) groups is 1. The molecule has 2 rings (SSSR count). The van der Waals surface area contributed by atoms with Gasteiger partial charge in [-0.25, -0.2) is 0 Å². The topological polar surface area (TPSA) is 45.8 Å². The first-order valence-electron chi connectivity index (χ1n) is 4.92. The highest BCUT2D eigenvalue weighted by Crippen LogP contribution is 2.14. The normalized spacial score (nSPS) is 20.3. The average molecular weight is 223 g/mol. The molecule has 6 heteroatoms. The highest BCUT2D eigenvalue weighted by Gasteiger charge is 2.25. The van der Waals surface area contributed by atoms with Gasteiger partial charge in [0, 0.05) is 12.7 Å². The van der Waals surface area contributed by atoms with Gasteiger partial charge < -0.3 is 4.90 Å². The first kappa shape index (κ1) is 10.2. The van der Waals surface area contributed by atoms with E-state index in [4.69, 9.17) is 12.2 Å². The van der Waals surface area contributed by atoms with Crippen LogP contribution in [0.5, 0.6) is 0 Å². The fourth-order valence-corrected chi connectivity index (χ4v) is 1.87. The van der Waals surface area contributed by atoms with Crippen LogP contribution in [0.3, 0.4) is 0 Å². The molecular weight excluding hydrogens is 210 g/mol. The second-order valence-corrected chi connectivity index (χ2v) is 3.81. The predicted molar refractivity (Wildman–Crippen MR) is 60.6 cm³/mol. The molecule has 5 nitrogen and oxygen atoms in total. The van der Waals surface area contributed by atoms with Crippen LogP contribution in [0.4, 0.5) is 0 Å². The molecule has 0 aliphatic carbocycles. The van der Waals surface area contributed by atoms with Gasteiger partial charge in [-0.3, -0.25) is 4.68 Å². The Morgan fingerprint density at radius 2 is 2.33 bits per heavy atom. The van der Waals surface area contributed by atoms with Crippen molar-refractivity contribution in [3.8, 4) is 0 Å². The first-order valence-corrected chi connectivity index (χ1v) is 5.33. The summed E-state index contributed by atoms with van der Waals surface area (Å²) in [6.07, 6.45) is 1.95. The van der Waals surface area contributed by atoms with E-state index < -0.39 is 0 Å². The number of aromatic nitrogens is 2. The number of likely N-dealkylation sites (N-methyl/N-ethyl adjacent to an activating group) is 1. The summed E-state index contributed by atoms with van der Waals surface area (Å²) < 4.78 is 1.87. The van der Waals surface area contributed by atoms with Gasteiger partial charge in [-0.1, -0.05) is 0 Å². The fraction of sp³-hybridized carbons (Fsp3) is 0.556. The number of hydrogen-bond donors (Lipinski definition) is 0. The SMILES string of the molecule is CCN1C(=S)N=NC1Cn1ccc(C)n1. The molecule has 0 fully saturated rings. The summed E-state index contributed by atoms with van der Waals surface area (Å²) in [6.45, 7) is 5.54. The quantitative estimate of drug-likeness (QED) is 0.731. The molecule has 0 spiro atoms. The van der Waals surface area contributed by atoms with Gasteiger partial charge in [-0.05, 0) is 32.1 Å². The van der Waals surface area contributed by atoms with E-state index in [2.05, 4.69) is 15.3 Å². The number of azo groups is 1. The van der Waals surface area contributed by atoms with Crippen molar-refractivity contribution in [2.75, 3.05) is 6.54 Å².